The Morgan fingerprint density at radius 1 is 1.30 bits per heavy atom. The Morgan fingerprint density at radius 2 is 1.90 bits per heavy atom. The van der Waals surface area contributed by atoms with Crippen LogP contribution in [0.15, 0.2) is 0 Å². The van der Waals surface area contributed by atoms with E-state index in [1.807, 2.05) is 7.05 Å². The first-order valence-corrected chi connectivity index (χ1v) is 3.66. The summed E-state index contributed by atoms with van der Waals surface area (Å²) in [4.78, 5) is 0. The van der Waals surface area contributed by atoms with Gasteiger partial charge in [-0.3, -0.25) is 0 Å². The van der Waals surface area contributed by atoms with Crippen molar-refractivity contribution in [2.75, 3.05) is 7.05 Å². The summed E-state index contributed by atoms with van der Waals surface area (Å²) < 4.78 is 12.8. The number of alkyl halides is 1. The van der Waals surface area contributed by atoms with Crippen LogP contribution < -0.4 is 5.32 Å². The quantitative estimate of drug-likeness (QED) is 0.629. The van der Waals surface area contributed by atoms with Crippen LogP contribution in [0, 0.1) is 0 Å². The minimum absolute atomic E-state index is 0. The lowest BCUT2D eigenvalue weighted by Crippen LogP contribution is -2.37. The average Bonchev–Trinajstić information content (AvgIpc) is 1.89. The van der Waals surface area contributed by atoms with Crippen LogP contribution in [0.3, 0.4) is 0 Å². The normalized spacial score (nSPS) is 33.0. The zero-order valence-corrected chi connectivity index (χ0v) is 7.09. The highest BCUT2D eigenvalue weighted by atomic mass is 35.5. The van der Waals surface area contributed by atoms with Crippen LogP contribution in [0.25, 0.3) is 0 Å². The molecule has 62 valence electrons. The van der Waals surface area contributed by atoms with E-state index in [1.165, 1.54) is 6.42 Å². The summed E-state index contributed by atoms with van der Waals surface area (Å²) in [7, 11) is 1.84. The maximum absolute atomic E-state index is 12.8. The molecule has 0 aromatic carbocycles. The zero-order chi connectivity index (χ0) is 6.69. The molecular weight excluding hydrogens is 153 g/mol. The van der Waals surface area contributed by atoms with Gasteiger partial charge in [0, 0.05) is 6.04 Å². The molecule has 0 saturated heterocycles. The first kappa shape index (κ1) is 10.2. The van der Waals surface area contributed by atoms with Gasteiger partial charge in [0.25, 0.3) is 0 Å². The lowest BCUT2D eigenvalue weighted by atomic mass is 9.94. The number of halogens is 2. The molecule has 0 aliphatic heterocycles. The third-order valence-corrected chi connectivity index (χ3v) is 2.05. The molecule has 1 nitrogen and oxygen atoms in total. The molecule has 10 heavy (non-hydrogen) atoms. The molecule has 0 aromatic heterocycles. The second-order valence-corrected chi connectivity index (χ2v) is 2.70. The Labute approximate surface area is 67.8 Å². The summed E-state index contributed by atoms with van der Waals surface area (Å²) in [5.41, 5.74) is 0. The van der Waals surface area contributed by atoms with E-state index < -0.39 is 6.17 Å². The largest absolute Gasteiger partial charge is 0.314 e. The van der Waals surface area contributed by atoms with Crippen molar-refractivity contribution in [3.05, 3.63) is 0 Å². The van der Waals surface area contributed by atoms with Crippen molar-refractivity contribution in [1.29, 1.82) is 0 Å². The highest BCUT2D eigenvalue weighted by molar-refractivity contribution is 5.85. The lowest BCUT2D eigenvalue weighted by Gasteiger charge is -2.24. The molecule has 0 spiro atoms. The standard InChI is InChI=1S/C7H14FN.ClH/c1-9-7-5-3-2-4-6(7)8;/h6-7,9H,2-5H2,1H3;1H/t6-,7+;/m0./s1. The Bertz CT molecular complexity index is 89.7. The molecule has 1 rings (SSSR count). The fourth-order valence-corrected chi connectivity index (χ4v) is 1.41. The topological polar surface area (TPSA) is 12.0 Å². The third kappa shape index (κ3) is 2.43. The average molecular weight is 168 g/mol. The summed E-state index contributed by atoms with van der Waals surface area (Å²) in [6.07, 6.45) is 3.43. The van der Waals surface area contributed by atoms with Crippen molar-refractivity contribution < 1.29 is 4.39 Å². The fourth-order valence-electron chi connectivity index (χ4n) is 1.41. The van der Waals surface area contributed by atoms with E-state index in [-0.39, 0.29) is 18.4 Å². The van der Waals surface area contributed by atoms with Gasteiger partial charge in [-0.1, -0.05) is 12.8 Å². The zero-order valence-electron chi connectivity index (χ0n) is 6.27. The van der Waals surface area contributed by atoms with Gasteiger partial charge in [0.05, 0.1) is 0 Å². The molecule has 1 aliphatic rings. The molecule has 2 atom stereocenters. The Kier molecular flexibility index (Phi) is 5.00. The van der Waals surface area contributed by atoms with E-state index in [4.69, 9.17) is 0 Å². The first-order chi connectivity index (χ1) is 4.34. The number of nitrogens with one attached hydrogen (secondary N) is 1. The van der Waals surface area contributed by atoms with E-state index in [9.17, 15) is 4.39 Å². The minimum atomic E-state index is -0.594. The van der Waals surface area contributed by atoms with E-state index in [1.54, 1.807) is 0 Å². The van der Waals surface area contributed by atoms with Crippen molar-refractivity contribution in [2.24, 2.45) is 0 Å². The molecule has 1 saturated carbocycles. The molecule has 1 fully saturated rings. The second-order valence-electron chi connectivity index (χ2n) is 2.70. The van der Waals surface area contributed by atoms with Crippen LogP contribution in [0.5, 0.6) is 0 Å². The maximum Gasteiger partial charge on any atom is 0.115 e. The molecule has 0 aromatic rings. The third-order valence-electron chi connectivity index (χ3n) is 2.05. The second kappa shape index (κ2) is 4.91. The molecule has 0 bridgehead atoms. The van der Waals surface area contributed by atoms with Gasteiger partial charge in [0.2, 0.25) is 0 Å². The van der Waals surface area contributed by atoms with Crippen LogP contribution in [0.2, 0.25) is 0 Å². The van der Waals surface area contributed by atoms with Gasteiger partial charge in [-0.15, -0.1) is 12.4 Å². The van der Waals surface area contributed by atoms with Gasteiger partial charge < -0.3 is 5.32 Å². The molecule has 0 heterocycles. The van der Waals surface area contributed by atoms with Crippen LogP contribution in [0.1, 0.15) is 25.7 Å². The van der Waals surface area contributed by atoms with Crippen LogP contribution in [-0.2, 0) is 0 Å². The van der Waals surface area contributed by atoms with Gasteiger partial charge in [-0.2, -0.15) is 0 Å². The number of hydrogen-bond acceptors (Lipinski definition) is 1. The SMILES string of the molecule is CN[C@@H]1CCCC[C@@H]1F.Cl. The predicted octanol–water partition coefficient (Wildman–Crippen LogP) is 1.91. The van der Waals surface area contributed by atoms with Gasteiger partial charge >= 0.3 is 0 Å². The lowest BCUT2D eigenvalue weighted by molar-refractivity contribution is 0.196. The van der Waals surface area contributed by atoms with E-state index in [0.717, 1.165) is 19.3 Å². The highest BCUT2D eigenvalue weighted by Gasteiger charge is 2.22. The molecule has 1 aliphatic carbocycles. The smallest absolute Gasteiger partial charge is 0.115 e. The molecule has 0 radical (unpaired) electrons. The Morgan fingerprint density at radius 3 is 2.30 bits per heavy atom. The van der Waals surface area contributed by atoms with Gasteiger partial charge in [-0.25, -0.2) is 4.39 Å². The highest BCUT2D eigenvalue weighted by Crippen LogP contribution is 2.20. The molecule has 0 amide bonds. The number of hydrogen-bond donors (Lipinski definition) is 1. The van der Waals surface area contributed by atoms with E-state index in [0.29, 0.717) is 0 Å². The van der Waals surface area contributed by atoms with E-state index >= 15 is 0 Å². The maximum atomic E-state index is 12.8. The van der Waals surface area contributed by atoms with Crippen LogP contribution in [-0.4, -0.2) is 19.3 Å². The van der Waals surface area contributed by atoms with Gasteiger partial charge in [0.1, 0.15) is 6.17 Å². The van der Waals surface area contributed by atoms with Crippen molar-refractivity contribution >= 4 is 12.4 Å². The first-order valence-electron chi connectivity index (χ1n) is 3.66. The van der Waals surface area contributed by atoms with Crippen LogP contribution in [0.4, 0.5) is 4.39 Å². The van der Waals surface area contributed by atoms with Crippen LogP contribution >= 0.6 is 12.4 Å². The van der Waals surface area contributed by atoms with Crippen molar-refractivity contribution in [3.63, 3.8) is 0 Å². The van der Waals surface area contributed by atoms with Crippen molar-refractivity contribution in [3.8, 4) is 0 Å². The summed E-state index contributed by atoms with van der Waals surface area (Å²) in [5, 5.41) is 2.98. The molecule has 1 N–H and O–H groups in total. The van der Waals surface area contributed by atoms with E-state index in [2.05, 4.69) is 5.32 Å². The fraction of sp³-hybridized carbons (Fsp3) is 1.00. The van der Waals surface area contributed by atoms with Crippen molar-refractivity contribution in [1.82, 2.24) is 5.32 Å². The van der Waals surface area contributed by atoms with Crippen molar-refractivity contribution in [2.45, 2.75) is 37.9 Å². The molecule has 0 unspecified atom stereocenters. The monoisotopic (exact) mass is 167 g/mol. The summed E-state index contributed by atoms with van der Waals surface area (Å²) in [5.74, 6) is 0. The number of rotatable bonds is 1. The Balaban J connectivity index is 0.000000810. The summed E-state index contributed by atoms with van der Waals surface area (Å²) >= 11 is 0. The summed E-state index contributed by atoms with van der Waals surface area (Å²) in [6.45, 7) is 0. The summed E-state index contributed by atoms with van der Waals surface area (Å²) in [6, 6.07) is 0.138. The predicted molar refractivity (Wildman–Crippen MR) is 43.5 cm³/mol. The van der Waals surface area contributed by atoms with Gasteiger partial charge in [-0.05, 0) is 19.9 Å². The Hall–Kier alpha value is 0.180. The molecular formula is C7H15ClFN. The molecule has 3 heteroatoms. The van der Waals surface area contributed by atoms with Gasteiger partial charge in [0.15, 0.2) is 0 Å². The minimum Gasteiger partial charge on any atom is -0.314 e.